The zero-order chi connectivity index (χ0) is 18.5. The van der Waals surface area contributed by atoms with Crippen LogP contribution in [0.4, 0.5) is 0 Å². The zero-order valence-electron chi connectivity index (χ0n) is 15.0. The maximum absolute atomic E-state index is 12.3. The molecule has 26 heavy (non-hydrogen) atoms. The fraction of sp³-hybridized carbons (Fsp3) is 0.263. The minimum atomic E-state index is -0.0546. The lowest BCUT2D eigenvalue weighted by Gasteiger charge is -2.14. The molecule has 0 aliphatic rings. The van der Waals surface area contributed by atoms with E-state index in [4.69, 9.17) is 0 Å². The van der Waals surface area contributed by atoms with Crippen LogP contribution in [-0.4, -0.2) is 31.9 Å². The summed E-state index contributed by atoms with van der Waals surface area (Å²) in [7, 11) is 0. The van der Waals surface area contributed by atoms with Crippen LogP contribution in [0, 0.1) is 13.8 Å². The van der Waals surface area contributed by atoms with Crippen LogP contribution in [0.1, 0.15) is 29.7 Å². The van der Waals surface area contributed by atoms with E-state index in [0.717, 1.165) is 11.3 Å². The van der Waals surface area contributed by atoms with Crippen molar-refractivity contribution in [3.63, 3.8) is 0 Å². The molecule has 0 radical (unpaired) electrons. The molecule has 0 saturated heterocycles. The average Bonchev–Trinajstić information content (AvgIpc) is 3.11. The van der Waals surface area contributed by atoms with Gasteiger partial charge in [-0.15, -0.1) is 5.10 Å². The molecule has 7 heteroatoms. The maximum atomic E-state index is 12.3. The van der Waals surface area contributed by atoms with E-state index in [0.29, 0.717) is 5.16 Å². The molecule has 0 unspecified atom stereocenters. The first-order chi connectivity index (χ1) is 12.5. The Bertz CT molecular complexity index is 894. The molecule has 1 amide bonds. The van der Waals surface area contributed by atoms with Crippen molar-refractivity contribution < 1.29 is 4.79 Å². The number of nitrogens with one attached hydrogen (secondary N) is 1. The van der Waals surface area contributed by atoms with Crippen molar-refractivity contribution in [2.75, 3.05) is 5.75 Å². The highest BCUT2D eigenvalue weighted by molar-refractivity contribution is 7.99. The Balaban J connectivity index is 1.63. The fourth-order valence-corrected chi connectivity index (χ4v) is 3.23. The van der Waals surface area contributed by atoms with Crippen LogP contribution in [-0.2, 0) is 4.79 Å². The molecular weight excluding hydrogens is 346 g/mol. The van der Waals surface area contributed by atoms with E-state index in [1.54, 1.807) is 4.68 Å². The molecule has 6 nitrogen and oxygen atoms in total. The van der Waals surface area contributed by atoms with Crippen LogP contribution < -0.4 is 5.32 Å². The van der Waals surface area contributed by atoms with E-state index in [1.165, 1.54) is 22.9 Å². The summed E-state index contributed by atoms with van der Waals surface area (Å²) >= 11 is 1.32. The van der Waals surface area contributed by atoms with E-state index in [2.05, 4.69) is 34.7 Å². The largest absolute Gasteiger partial charge is 0.349 e. The topological polar surface area (TPSA) is 72.7 Å². The number of tetrazole rings is 1. The minimum Gasteiger partial charge on any atom is -0.349 e. The summed E-state index contributed by atoms with van der Waals surface area (Å²) in [6.07, 6.45) is 0. The molecule has 2 aromatic carbocycles. The molecule has 3 aromatic rings. The number of carbonyl (C=O) groups is 1. The van der Waals surface area contributed by atoms with Crippen LogP contribution in [0.3, 0.4) is 0 Å². The van der Waals surface area contributed by atoms with E-state index in [1.807, 2.05) is 55.5 Å². The molecule has 0 bridgehead atoms. The van der Waals surface area contributed by atoms with Crippen molar-refractivity contribution in [3.8, 4) is 5.69 Å². The Kier molecular flexibility index (Phi) is 5.68. The van der Waals surface area contributed by atoms with Gasteiger partial charge in [-0.2, -0.15) is 4.68 Å². The number of hydrogen-bond donors (Lipinski definition) is 1. The second-order valence-corrected chi connectivity index (χ2v) is 7.07. The van der Waals surface area contributed by atoms with Crippen molar-refractivity contribution >= 4 is 17.7 Å². The van der Waals surface area contributed by atoms with Crippen molar-refractivity contribution in [2.45, 2.75) is 32.0 Å². The molecule has 0 aliphatic carbocycles. The number of benzene rings is 2. The number of nitrogens with zero attached hydrogens (tertiary/aromatic N) is 4. The fourth-order valence-electron chi connectivity index (χ4n) is 2.53. The van der Waals surface area contributed by atoms with Crippen LogP contribution in [0.5, 0.6) is 0 Å². The molecule has 1 aromatic heterocycles. The third-order valence-corrected chi connectivity index (χ3v) is 5.10. The normalized spacial score (nSPS) is 12.0. The quantitative estimate of drug-likeness (QED) is 0.677. The van der Waals surface area contributed by atoms with Crippen LogP contribution in [0.25, 0.3) is 5.69 Å². The van der Waals surface area contributed by atoms with Crippen LogP contribution in [0.15, 0.2) is 53.7 Å². The van der Waals surface area contributed by atoms with Gasteiger partial charge in [0.15, 0.2) is 0 Å². The SMILES string of the molecule is Cc1ccc(-n2nnnc2SCC(=O)N[C@@H](C)c2ccccc2)cc1C. The second kappa shape index (κ2) is 8.14. The monoisotopic (exact) mass is 367 g/mol. The maximum Gasteiger partial charge on any atom is 0.230 e. The van der Waals surface area contributed by atoms with Crippen molar-refractivity contribution in [2.24, 2.45) is 0 Å². The van der Waals surface area contributed by atoms with Gasteiger partial charge in [0.2, 0.25) is 11.1 Å². The van der Waals surface area contributed by atoms with Gasteiger partial charge < -0.3 is 5.32 Å². The molecule has 0 fully saturated rings. The van der Waals surface area contributed by atoms with Gasteiger partial charge in [-0.3, -0.25) is 4.79 Å². The van der Waals surface area contributed by atoms with Gasteiger partial charge >= 0.3 is 0 Å². The molecule has 3 rings (SSSR count). The Labute approximate surface area is 157 Å². The van der Waals surface area contributed by atoms with Crippen molar-refractivity contribution in [1.29, 1.82) is 0 Å². The molecule has 0 saturated carbocycles. The second-order valence-electron chi connectivity index (χ2n) is 6.13. The average molecular weight is 367 g/mol. The van der Waals surface area contributed by atoms with E-state index >= 15 is 0 Å². The third-order valence-electron chi connectivity index (χ3n) is 4.19. The summed E-state index contributed by atoms with van der Waals surface area (Å²) < 4.78 is 1.66. The summed E-state index contributed by atoms with van der Waals surface area (Å²) in [6.45, 7) is 6.08. The highest BCUT2D eigenvalue weighted by atomic mass is 32.2. The van der Waals surface area contributed by atoms with Gasteiger partial charge in [-0.25, -0.2) is 0 Å². The Hall–Kier alpha value is -2.67. The lowest BCUT2D eigenvalue weighted by Crippen LogP contribution is -2.28. The highest BCUT2D eigenvalue weighted by Crippen LogP contribution is 2.20. The van der Waals surface area contributed by atoms with Gasteiger partial charge in [0.1, 0.15) is 0 Å². The molecule has 1 atom stereocenters. The van der Waals surface area contributed by atoms with Gasteiger partial charge in [0.25, 0.3) is 0 Å². The Morgan fingerprint density at radius 1 is 1.15 bits per heavy atom. The first-order valence-corrected chi connectivity index (χ1v) is 9.36. The summed E-state index contributed by atoms with van der Waals surface area (Å²) in [5.74, 6) is 0.198. The Morgan fingerprint density at radius 3 is 2.65 bits per heavy atom. The molecule has 1 heterocycles. The lowest BCUT2D eigenvalue weighted by atomic mass is 10.1. The van der Waals surface area contributed by atoms with Gasteiger partial charge in [-0.1, -0.05) is 48.2 Å². The summed E-state index contributed by atoms with van der Waals surface area (Å²) in [5.41, 5.74) is 4.35. The first kappa shape index (κ1) is 18.1. The van der Waals surface area contributed by atoms with Crippen LogP contribution in [0.2, 0.25) is 0 Å². The lowest BCUT2D eigenvalue weighted by molar-refractivity contribution is -0.119. The highest BCUT2D eigenvalue weighted by Gasteiger charge is 2.14. The molecule has 0 spiro atoms. The van der Waals surface area contributed by atoms with Gasteiger partial charge in [0, 0.05) is 0 Å². The summed E-state index contributed by atoms with van der Waals surface area (Å²) in [4.78, 5) is 12.3. The number of rotatable bonds is 6. The number of aromatic nitrogens is 4. The number of thioether (sulfide) groups is 1. The van der Waals surface area contributed by atoms with E-state index in [-0.39, 0.29) is 17.7 Å². The smallest absolute Gasteiger partial charge is 0.230 e. The standard InChI is InChI=1S/C19H21N5OS/c1-13-9-10-17(11-14(13)2)24-19(21-22-23-24)26-12-18(25)20-15(3)16-7-5-4-6-8-16/h4-11,15H,12H2,1-3H3,(H,20,25)/t15-/m0/s1. The predicted molar refractivity (Wildman–Crippen MR) is 102 cm³/mol. The number of amides is 1. The van der Waals surface area contributed by atoms with Gasteiger partial charge in [-0.05, 0) is 60.0 Å². The molecule has 134 valence electrons. The van der Waals surface area contributed by atoms with Crippen molar-refractivity contribution in [3.05, 3.63) is 65.2 Å². The summed E-state index contributed by atoms with van der Waals surface area (Å²) in [5, 5.41) is 15.4. The summed E-state index contributed by atoms with van der Waals surface area (Å²) in [6, 6.07) is 15.9. The third kappa shape index (κ3) is 4.29. The van der Waals surface area contributed by atoms with Gasteiger partial charge in [0.05, 0.1) is 17.5 Å². The van der Waals surface area contributed by atoms with Crippen LogP contribution >= 0.6 is 11.8 Å². The molecule has 1 N–H and O–H groups in total. The predicted octanol–water partition coefficient (Wildman–Crippen LogP) is 3.25. The van der Waals surface area contributed by atoms with E-state index < -0.39 is 0 Å². The Morgan fingerprint density at radius 2 is 1.92 bits per heavy atom. The van der Waals surface area contributed by atoms with E-state index in [9.17, 15) is 4.79 Å². The van der Waals surface area contributed by atoms with Crippen molar-refractivity contribution in [1.82, 2.24) is 25.5 Å². The molecule has 0 aliphatic heterocycles. The number of carbonyl (C=O) groups excluding carboxylic acids is 1. The number of hydrogen-bond acceptors (Lipinski definition) is 5. The first-order valence-electron chi connectivity index (χ1n) is 8.37. The number of aryl methyl sites for hydroxylation is 2. The minimum absolute atomic E-state index is 0.0416. The zero-order valence-corrected chi connectivity index (χ0v) is 15.8. The molecular formula is C19H21N5OS.